The molecule has 20 heavy (non-hydrogen) atoms. The quantitative estimate of drug-likeness (QED) is 0.737. The molecule has 2 aromatic carbocycles. The van der Waals surface area contributed by atoms with E-state index >= 15 is 0 Å². The van der Waals surface area contributed by atoms with Crippen molar-refractivity contribution in [3.8, 4) is 5.75 Å². The summed E-state index contributed by atoms with van der Waals surface area (Å²) in [5.41, 5.74) is 6.08. The Morgan fingerprint density at radius 2 is 1.65 bits per heavy atom. The number of nitrogens with two attached hydrogens (primary N) is 1. The van der Waals surface area contributed by atoms with Crippen LogP contribution in [0.4, 0.5) is 10.1 Å². The molecule has 2 nitrogen and oxygen atoms in total. The first-order valence-corrected chi connectivity index (χ1v) is 7.49. The highest BCUT2D eigenvalue weighted by atomic mass is 32.2. The third-order valence-corrected chi connectivity index (χ3v) is 3.10. The van der Waals surface area contributed by atoms with Crippen molar-refractivity contribution >= 4 is 17.4 Å². The molecule has 2 rings (SSSR count). The zero-order chi connectivity index (χ0) is 15.5. The van der Waals surface area contributed by atoms with Gasteiger partial charge in [-0.3, -0.25) is 0 Å². The molecule has 0 aromatic heterocycles. The molecule has 3 N–H and O–H groups in total. The molecular formula is C16H22FNOS. The van der Waals surface area contributed by atoms with E-state index in [1.165, 1.54) is 23.9 Å². The summed E-state index contributed by atoms with van der Waals surface area (Å²) in [5.74, 6) is -0.150. The Kier molecular flexibility index (Phi) is 9.30. The van der Waals surface area contributed by atoms with Crippen molar-refractivity contribution in [2.45, 2.75) is 37.5 Å². The lowest BCUT2D eigenvalue weighted by atomic mass is 10.3. The minimum atomic E-state index is -0.349. The predicted octanol–water partition coefficient (Wildman–Crippen LogP) is 5.32. The Morgan fingerprint density at radius 1 is 1.00 bits per heavy atom. The summed E-state index contributed by atoms with van der Waals surface area (Å²) in [6.45, 7) is 8.00. The Labute approximate surface area is 124 Å². The number of hydrogen-bond donors (Lipinski definition) is 2. The lowest BCUT2D eigenvalue weighted by Crippen LogP contribution is -1.89. The highest BCUT2D eigenvalue weighted by molar-refractivity contribution is 7.99. The van der Waals surface area contributed by atoms with E-state index in [0.717, 1.165) is 9.79 Å². The fraction of sp³-hybridized carbons (Fsp3) is 0.250. The number of halogens is 1. The maximum atomic E-state index is 12.8. The number of hydrogen-bond acceptors (Lipinski definition) is 3. The van der Waals surface area contributed by atoms with Crippen molar-refractivity contribution in [3.05, 3.63) is 48.3 Å². The molecule has 0 spiro atoms. The van der Waals surface area contributed by atoms with Gasteiger partial charge in [0.25, 0.3) is 0 Å². The number of aromatic hydroxyl groups is 1. The van der Waals surface area contributed by atoms with Gasteiger partial charge in [-0.2, -0.15) is 0 Å². The number of nitrogen functional groups attached to an aromatic ring is 1. The molecule has 0 amide bonds. The fourth-order valence-corrected chi connectivity index (χ4v) is 2.18. The molecule has 0 aliphatic carbocycles. The minimum Gasteiger partial charge on any atom is -0.508 e. The van der Waals surface area contributed by atoms with Gasteiger partial charge in [-0.25, -0.2) is 4.39 Å². The second kappa shape index (κ2) is 10.1. The van der Waals surface area contributed by atoms with Crippen LogP contribution in [0.15, 0.2) is 52.3 Å². The maximum absolute atomic E-state index is 12.8. The number of anilines is 1. The maximum Gasteiger partial charge on any atom is 0.125 e. The molecule has 0 heterocycles. The van der Waals surface area contributed by atoms with Crippen LogP contribution in [0.25, 0.3) is 0 Å². The summed E-state index contributed by atoms with van der Waals surface area (Å²) in [4.78, 5) is 1.63. The van der Waals surface area contributed by atoms with Crippen molar-refractivity contribution in [1.82, 2.24) is 0 Å². The number of benzene rings is 2. The third kappa shape index (κ3) is 5.97. The predicted molar refractivity (Wildman–Crippen MR) is 85.7 cm³/mol. The molecular weight excluding hydrogens is 273 g/mol. The summed E-state index contributed by atoms with van der Waals surface area (Å²) in [6, 6.07) is 11.1. The van der Waals surface area contributed by atoms with Gasteiger partial charge in [0.15, 0.2) is 0 Å². The Balaban J connectivity index is 0.000000829. The largest absolute Gasteiger partial charge is 0.508 e. The van der Waals surface area contributed by atoms with Crippen LogP contribution in [-0.4, -0.2) is 5.11 Å². The molecule has 0 unspecified atom stereocenters. The van der Waals surface area contributed by atoms with E-state index < -0.39 is 0 Å². The monoisotopic (exact) mass is 295 g/mol. The van der Waals surface area contributed by atoms with E-state index in [2.05, 4.69) is 0 Å². The zero-order valence-corrected chi connectivity index (χ0v) is 13.2. The highest BCUT2D eigenvalue weighted by Crippen LogP contribution is 2.33. The van der Waals surface area contributed by atoms with Crippen LogP contribution < -0.4 is 5.73 Å². The van der Waals surface area contributed by atoms with Crippen molar-refractivity contribution in [3.63, 3.8) is 0 Å². The first kappa shape index (κ1) is 18.3. The van der Waals surface area contributed by atoms with E-state index in [4.69, 9.17) is 5.73 Å². The first-order valence-electron chi connectivity index (χ1n) is 6.67. The van der Waals surface area contributed by atoms with Gasteiger partial charge in [0, 0.05) is 15.5 Å². The summed E-state index contributed by atoms with van der Waals surface area (Å²) >= 11 is 1.39. The Morgan fingerprint density at radius 3 is 2.20 bits per heavy atom. The van der Waals surface area contributed by atoms with Crippen LogP contribution in [0.1, 0.15) is 27.7 Å². The van der Waals surface area contributed by atoms with Crippen molar-refractivity contribution < 1.29 is 9.50 Å². The van der Waals surface area contributed by atoms with E-state index in [-0.39, 0.29) is 11.6 Å². The summed E-state index contributed by atoms with van der Waals surface area (Å²) in [5, 5.41) is 9.30. The van der Waals surface area contributed by atoms with E-state index in [9.17, 15) is 9.50 Å². The number of phenols is 1. The minimum absolute atomic E-state index is 0.200. The number of phenolic OH excluding ortho intramolecular Hbond substituents is 1. The first-order chi connectivity index (χ1) is 9.65. The van der Waals surface area contributed by atoms with Crippen molar-refractivity contribution in [2.24, 2.45) is 0 Å². The van der Waals surface area contributed by atoms with Gasteiger partial charge >= 0.3 is 0 Å². The second-order valence-electron chi connectivity index (χ2n) is 3.28. The standard InChI is InChI=1S/C12H10FNOS.2C2H6/c13-8-4-5-12(11(14)6-8)16-10-3-1-2-9(15)7-10;2*1-2/h1-7,15H,14H2;2*1-2H3. The van der Waals surface area contributed by atoms with Gasteiger partial charge in [0.1, 0.15) is 11.6 Å². The molecule has 0 fully saturated rings. The molecule has 0 saturated carbocycles. The molecule has 0 aliphatic rings. The molecule has 2 aromatic rings. The van der Waals surface area contributed by atoms with Crippen LogP contribution in [-0.2, 0) is 0 Å². The highest BCUT2D eigenvalue weighted by Gasteiger charge is 2.03. The summed E-state index contributed by atoms with van der Waals surface area (Å²) < 4.78 is 12.8. The Bertz CT molecular complexity index is 518. The Hall–Kier alpha value is -1.68. The molecule has 0 bridgehead atoms. The van der Waals surface area contributed by atoms with Gasteiger partial charge in [-0.15, -0.1) is 0 Å². The topological polar surface area (TPSA) is 46.2 Å². The van der Waals surface area contributed by atoms with Crippen molar-refractivity contribution in [2.75, 3.05) is 5.73 Å². The molecule has 0 radical (unpaired) electrons. The summed E-state index contributed by atoms with van der Waals surface area (Å²) in [7, 11) is 0. The second-order valence-corrected chi connectivity index (χ2v) is 4.40. The van der Waals surface area contributed by atoms with Crippen LogP contribution >= 0.6 is 11.8 Å². The smallest absolute Gasteiger partial charge is 0.125 e. The van der Waals surface area contributed by atoms with E-state index in [1.807, 2.05) is 33.8 Å². The fourth-order valence-electron chi connectivity index (χ4n) is 1.29. The van der Waals surface area contributed by atoms with Crippen molar-refractivity contribution in [1.29, 1.82) is 0 Å². The van der Waals surface area contributed by atoms with E-state index in [0.29, 0.717) is 5.69 Å². The lowest BCUT2D eigenvalue weighted by molar-refractivity contribution is 0.474. The SMILES string of the molecule is CC.CC.Nc1cc(F)ccc1Sc1cccc(O)c1. The average molecular weight is 295 g/mol. The van der Waals surface area contributed by atoms with Crippen LogP contribution in [0, 0.1) is 5.82 Å². The lowest BCUT2D eigenvalue weighted by Gasteiger charge is -2.05. The van der Waals surface area contributed by atoms with Crippen LogP contribution in [0.5, 0.6) is 5.75 Å². The molecule has 0 atom stereocenters. The number of rotatable bonds is 2. The molecule has 4 heteroatoms. The zero-order valence-electron chi connectivity index (χ0n) is 12.4. The average Bonchev–Trinajstić information content (AvgIpc) is 2.46. The van der Waals surface area contributed by atoms with Gasteiger partial charge < -0.3 is 10.8 Å². The van der Waals surface area contributed by atoms with Crippen LogP contribution in [0.3, 0.4) is 0 Å². The normalized spacial score (nSPS) is 8.85. The van der Waals surface area contributed by atoms with Gasteiger partial charge in [0.2, 0.25) is 0 Å². The van der Waals surface area contributed by atoms with Gasteiger partial charge in [0.05, 0.1) is 0 Å². The van der Waals surface area contributed by atoms with Crippen LogP contribution in [0.2, 0.25) is 0 Å². The third-order valence-electron chi connectivity index (χ3n) is 2.02. The molecule has 0 aliphatic heterocycles. The summed E-state index contributed by atoms with van der Waals surface area (Å²) in [6.07, 6.45) is 0. The van der Waals surface area contributed by atoms with Gasteiger partial charge in [-0.05, 0) is 36.4 Å². The molecule has 110 valence electrons. The molecule has 0 saturated heterocycles. The van der Waals surface area contributed by atoms with Gasteiger partial charge in [-0.1, -0.05) is 45.5 Å². The van der Waals surface area contributed by atoms with E-state index in [1.54, 1.807) is 24.3 Å².